The van der Waals surface area contributed by atoms with Gasteiger partial charge in [-0.2, -0.15) is 5.10 Å². The third kappa shape index (κ3) is 2.98. The Hall–Kier alpha value is -3.12. The molecule has 1 aliphatic heterocycles. The Kier molecular flexibility index (Phi) is 3.90. The van der Waals surface area contributed by atoms with Crippen molar-refractivity contribution in [3.8, 4) is 22.5 Å². The molecule has 0 aliphatic carbocycles. The van der Waals surface area contributed by atoms with Crippen molar-refractivity contribution in [3.63, 3.8) is 0 Å². The van der Waals surface area contributed by atoms with Gasteiger partial charge in [-0.15, -0.1) is 0 Å². The van der Waals surface area contributed by atoms with Crippen LogP contribution < -0.4 is 11.1 Å². The van der Waals surface area contributed by atoms with Crippen LogP contribution in [0, 0.1) is 0 Å². The highest BCUT2D eigenvalue weighted by Crippen LogP contribution is 2.33. The summed E-state index contributed by atoms with van der Waals surface area (Å²) in [6, 6.07) is 12.4. The summed E-state index contributed by atoms with van der Waals surface area (Å²) < 4.78 is 8.06. The molecule has 1 aromatic carbocycles. The largest absolute Gasteiger partial charge is 0.456 e. The van der Waals surface area contributed by atoms with E-state index >= 15 is 0 Å². The second kappa shape index (κ2) is 6.55. The molecular formula is C21H21N5O. The van der Waals surface area contributed by atoms with Gasteiger partial charge in [-0.1, -0.05) is 18.2 Å². The number of rotatable bonds is 3. The van der Waals surface area contributed by atoms with Crippen LogP contribution in [0.5, 0.6) is 0 Å². The first-order valence-electron chi connectivity index (χ1n) is 9.28. The van der Waals surface area contributed by atoms with Crippen LogP contribution in [0.2, 0.25) is 0 Å². The molecule has 0 spiro atoms. The number of hydrogen-bond donors (Lipinski definition) is 2. The van der Waals surface area contributed by atoms with Crippen LogP contribution in [0.25, 0.3) is 33.4 Å². The van der Waals surface area contributed by atoms with E-state index in [2.05, 4.69) is 26.3 Å². The smallest absolute Gasteiger partial charge is 0.139 e. The lowest BCUT2D eigenvalue weighted by Crippen LogP contribution is -2.29. The molecule has 0 atom stereocenters. The summed E-state index contributed by atoms with van der Waals surface area (Å²) in [4.78, 5) is 4.39. The molecule has 4 aromatic rings. The lowest BCUT2D eigenvalue weighted by molar-refractivity contribution is 0.343. The van der Waals surface area contributed by atoms with Crippen LogP contribution in [0.1, 0.15) is 18.9 Å². The molecular weight excluding hydrogens is 338 g/mol. The van der Waals surface area contributed by atoms with Gasteiger partial charge in [0.05, 0.1) is 17.8 Å². The van der Waals surface area contributed by atoms with Gasteiger partial charge in [0.25, 0.3) is 0 Å². The molecule has 4 heterocycles. The highest BCUT2D eigenvalue weighted by molar-refractivity contribution is 5.86. The number of aromatic nitrogens is 3. The average molecular weight is 359 g/mol. The van der Waals surface area contributed by atoms with Crippen molar-refractivity contribution in [3.05, 3.63) is 55.0 Å². The van der Waals surface area contributed by atoms with E-state index in [0.29, 0.717) is 11.9 Å². The summed E-state index contributed by atoms with van der Waals surface area (Å²) in [6.45, 7) is 2.08. The number of anilines is 1. The fourth-order valence-electron chi connectivity index (χ4n) is 3.70. The van der Waals surface area contributed by atoms with Gasteiger partial charge in [0.15, 0.2) is 0 Å². The number of benzene rings is 1. The summed E-state index contributed by atoms with van der Waals surface area (Å²) in [5, 5.41) is 9.02. The van der Waals surface area contributed by atoms with Crippen molar-refractivity contribution >= 4 is 16.8 Å². The topological polar surface area (TPSA) is 81.9 Å². The molecule has 3 aromatic heterocycles. The monoisotopic (exact) mass is 359 g/mol. The normalized spacial score (nSPS) is 15.4. The summed E-state index contributed by atoms with van der Waals surface area (Å²) in [5.41, 5.74) is 9.82. The van der Waals surface area contributed by atoms with E-state index in [0.717, 1.165) is 59.4 Å². The zero-order chi connectivity index (χ0) is 18.2. The Morgan fingerprint density at radius 1 is 1.07 bits per heavy atom. The van der Waals surface area contributed by atoms with Gasteiger partial charge in [-0.3, -0.25) is 4.68 Å². The highest BCUT2D eigenvalue weighted by atomic mass is 16.3. The minimum Gasteiger partial charge on any atom is -0.456 e. The van der Waals surface area contributed by atoms with Gasteiger partial charge in [0.2, 0.25) is 0 Å². The summed E-state index contributed by atoms with van der Waals surface area (Å²) in [5.74, 6) is 1.19. The predicted molar refractivity (Wildman–Crippen MR) is 106 cm³/mol. The molecule has 5 rings (SSSR count). The van der Waals surface area contributed by atoms with Gasteiger partial charge in [-0.05, 0) is 44.1 Å². The molecule has 1 aliphatic rings. The van der Waals surface area contributed by atoms with E-state index in [1.807, 2.05) is 42.6 Å². The van der Waals surface area contributed by atoms with E-state index in [9.17, 15) is 0 Å². The zero-order valence-corrected chi connectivity index (χ0v) is 14.9. The third-order valence-corrected chi connectivity index (χ3v) is 5.23. The van der Waals surface area contributed by atoms with E-state index in [1.54, 1.807) is 6.20 Å². The minimum absolute atomic E-state index is 0.455. The Labute approximate surface area is 157 Å². The molecule has 0 unspecified atom stereocenters. The summed E-state index contributed by atoms with van der Waals surface area (Å²) >= 11 is 0. The maximum Gasteiger partial charge on any atom is 0.139 e. The van der Waals surface area contributed by atoms with Crippen LogP contribution in [0.3, 0.4) is 0 Å². The number of para-hydroxylation sites is 1. The molecule has 27 heavy (non-hydrogen) atoms. The van der Waals surface area contributed by atoms with E-state index in [-0.39, 0.29) is 0 Å². The molecule has 0 amide bonds. The van der Waals surface area contributed by atoms with Crippen molar-refractivity contribution in [2.45, 2.75) is 18.9 Å². The van der Waals surface area contributed by atoms with E-state index < -0.39 is 0 Å². The van der Waals surface area contributed by atoms with Gasteiger partial charge in [0.1, 0.15) is 17.2 Å². The van der Waals surface area contributed by atoms with Gasteiger partial charge in [0, 0.05) is 28.9 Å². The number of nitrogens with zero attached hydrogens (tertiary/aromatic N) is 3. The number of nitrogens with one attached hydrogen (secondary N) is 1. The molecule has 6 nitrogen and oxygen atoms in total. The number of nitrogens with two attached hydrogens (primary N) is 1. The fraction of sp³-hybridized carbons (Fsp3) is 0.238. The first kappa shape index (κ1) is 16.1. The van der Waals surface area contributed by atoms with Gasteiger partial charge >= 0.3 is 0 Å². The van der Waals surface area contributed by atoms with Crippen molar-refractivity contribution in [1.29, 1.82) is 0 Å². The quantitative estimate of drug-likeness (QED) is 0.580. The molecule has 0 saturated carbocycles. The third-order valence-electron chi connectivity index (χ3n) is 5.23. The number of piperidine rings is 1. The molecule has 1 fully saturated rings. The lowest BCUT2D eigenvalue weighted by atomic mass is 10.1. The van der Waals surface area contributed by atoms with Crippen molar-refractivity contribution in [1.82, 2.24) is 20.1 Å². The fourth-order valence-corrected chi connectivity index (χ4v) is 3.70. The van der Waals surface area contributed by atoms with Crippen molar-refractivity contribution in [2.75, 3.05) is 18.8 Å². The number of hydrogen-bond acceptors (Lipinski definition) is 5. The Balaban J connectivity index is 1.51. The highest BCUT2D eigenvalue weighted by Gasteiger charge is 2.17. The average Bonchev–Trinajstić information content (AvgIpc) is 3.36. The van der Waals surface area contributed by atoms with E-state index in [4.69, 9.17) is 10.2 Å². The van der Waals surface area contributed by atoms with Crippen LogP contribution in [0.15, 0.2) is 59.4 Å². The van der Waals surface area contributed by atoms with Crippen LogP contribution in [0.4, 0.5) is 5.82 Å². The number of nitrogen functional groups attached to an aromatic ring is 1. The van der Waals surface area contributed by atoms with Crippen molar-refractivity contribution < 1.29 is 4.42 Å². The first-order valence-corrected chi connectivity index (χ1v) is 9.28. The molecule has 1 saturated heterocycles. The van der Waals surface area contributed by atoms with Crippen LogP contribution >= 0.6 is 0 Å². The maximum atomic E-state index is 6.14. The lowest BCUT2D eigenvalue weighted by Gasteiger charge is -2.22. The standard InChI is InChI=1S/C21H21N5O/c22-21-18(20-10-14-3-1-2-4-19(14)27-20)9-15(11-24-21)16-12-25-26(13-16)17-5-7-23-8-6-17/h1-4,9-13,17,23H,5-8H2,(H2,22,24). The van der Waals surface area contributed by atoms with E-state index in [1.165, 1.54) is 0 Å². The molecule has 6 heteroatoms. The van der Waals surface area contributed by atoms with Crippen molar-refractivity contribution in [2.24, 2.45) is 0 Å². The minimum atomic E-state index is 0.455. The van der Waals surface area contributed by atoms with Crippen LogP contribution in [-0.2, 0) is 0 Å². The SMILES string of the molecule is Nc1ncc(-c2cnn(C3CCNCC3)c2)cc1-c1cc2ccccc2o1. The first-order chi connectivity index (χ1) is 13.3. The zero-order valence-electron chi connectivity index (χ0n) is 14.9. The number of furan rings is 1. The van der Waals surface area contributed by atoms with Gasteiger partial charge in [-0.25, -0.2) is 4.98 Å². The second-order valence-corrected chi connectivity index (χ2v) is 7.00. The molecule has 3 N–H and O–H groups in total. The molecule has 0 bridgehead atoms. The number of pyridine rings is 1. The molecule has 136 valence electrons. The summed E-state index contributed by atoms with van der Waals surface area (Å²) in [6.07, 6.45) is 8.01. The predicted octanol–water partition coefficient (Wildman–Crippen LogP) is 3.87. The summed E-state index contributed by atoms with van der Waals surface area (Å²) in [7, 11) is 0. The van der Waals surface area contributed by atoms with Gasteiger partial charge < -0.3 is 15.5 Å². The second-order valence-electron chi connectivity index (χ2n) is 7.00. The Morgan fingerprint density at radius 2 is 1.93 bits per heavy atom. The Morgan fingerprint density at radius 3 is 2.78 bits per heavy atom. The number of fused-ring (bicyclic) bond motifs is 1. The Bertz CT molecular complexity index is 1060. The van der Waals surface area contributed by atoms with Crippen LogP contribution in [-0.4, -0.2) is 27.9 Å². The molecule has 0 radical (unpaired) electrons. The maximum absolute atomic E-state index is 6.14.